The molecule has 82 valence electrons. The molecule has 1 fully saturated rings. The third-order valence-corrected chi connectivity index (χ3v) is 3.56. The SMILES string of the molecule is OC1(c2ccc(Cl)cc2)CCCCCC1. The first-order valence-electron chi connectivity index (χ1n) is 5.69. The third kappa shape index (κ3) is 2.53. The second-order valence-corrected chi connectivity index (χ2v) is 4.89. The minimum Gasteiger partial charge on any atom is -0.385 e. The Bertz CT molecular complexity index is 310. The van der Waals surface area contributed by atoms with Gasteiger partial charge in [0.2, 0.25) is 0 Å². The zero-order chi connectivity index (χ0) is 10.7. The molecule has 0 aromatic heterocycles. The standard InChI is InChI=1S/C13H17ClO/c14-12-7-5-11(6-8-12)13(15)9-3-1-2-4-10-13/h5-8,15H,1-4,9-10H2. The van der Waals surface area contributed by atoms with Gasteiger partial charge in [0.25, 0.3) is 0 Å². The monoisotopic (exact) mass is 224 g/mol. The van der Waals surface area contributed by atoms with Gasteiger partial charge in [-0.25, -0.2) is 0 Å². The highest BCUT2D eigenvalue weighted by molar-refractivity contribution is 6.30. The lowest BCUT2D eigenvalue weighted by Crippen LogP contribution is -2.24. The molecule has 1 aromatic rings. The maximum Gasteiger partial charge on any atom is 0.0896 e. The van der Waals surface area contributed by atoms with Crippen molar-refractivity contribution in [3.05, 3.63) is 34.9 Å². The highest BCUT2D eigenvalue weighted by Gasteiger charge is 2.29. The second kappa shape index (κ2) is 4.54. The number of rotatable bonds is 1. The number of aliphatic hydroxyl groups is 1. The van der Waals surface area contributed by atoms with Crippen LogP contribution in [-0.4, -0.2) is 5.11 Å². The molecule has 1 nitrogen and oxygen atoms in total. The molecule has 1 aliphatic rings. The van der Waals surface area contributed by atoms with Gasteiger partial charge in [0.05, 0.1) is 5.60 Å². The summed E-state index contributed by atoms with van der Waals surface area (Å²) in [5.74, 6) is 0. The van der Waals surface area contributed by atoms with Crippen LogP contribution in [-0.2, 0) is 5.60 Å². The number of hydrogen-bond donors (Lipinski definition) is 1. The summed E-state index contributed by atoms with van der Waals surface area (Å²) in [4.78, 5) is 0. The summed E-state index contributed by atoms with van der Waals surface area (Å²) in [6.07, 6.45) is 6.51. The summed E-state index contributed by atoms with van der Waals surface area (Å²) in [7, 11) is 0. The van der Waals surface area contributed by atoms with E-state index in [2.05, 4.69) is 0 Å². The molecule has 0 radical (unpaired) electrons. The van der Waals surface area contributed by atoms with Gasteiger partial charge in [-0.05, 0) is 30.5 Å². The Morgan fingerprint density at radius 2 is 1.47 bits per heavy atom. The minimum absolute atomic E-state index is 0.610. The molecule has 1 saturated carbocycles. The van der Waals surface area contributed by atoms with E-state index < -0.39 is 5.60 Å². The lowest BCUT2D eigenvalue weighted by Gasteiger charge is -2.27. The summed E-state index contributed by atoms with van der Waals surface area (Å²) >= 11 is 5.85. The van der Waals surface area contributed by atoms with Crippen molar-refractivity contribution in [3.63, 3.8) is 0 Å². The average Bonchev–Trinajstić information content (AvgIpc) is 2.45. The lowest BCUT2D eigenvalue weighted by atomic mass is 9.87. The minimum atomic E-state index is -0.610. The van der Waals surface area contributed by atoms with Crippen LogP contribution in [0.1, 0.15) is 44.1 Å². The van der Waals surface area contributed by atoms with Gasteiger partial charge < -0.3 is 5.11 Å². The summed E-state index contributed by atoms with van der Waals surface area (Å²) < 4.78 is 0. The fourth-order valence-electron chi connectivity index (χ4n) is 2.36. The van der Waals surface area contributed by atoms with E-state index in [1.807, 2.05) is 24.3 Å². The Balaban J connectivity index is 2.22. The lowest BCUT2D eigenvalue weighted by molar-refractivity contribution is 0.0207. The highest BCUT2D eigenvalue weighted by atomic mass is 35.5. The van der Waals surface area contributed by atoms with Crippen LogP contribution >= 0.6 is 11.6 Å². The van der Waals surface area contributed by atoms with Gasteiger partial charge in [-0.2, -0.15) is 0 Å². The molecule has 0 amide bonds. The number of halogens is 1. The van der Waals surface area contributed by atoms with E-state index in [9.17, 15) is 5.11 Å². The first-order chi connectivity index (χ1) is 7.21. The molecule has 0 saturated heterocycles. The van der Waals surface area contributed by atoms with Crippen molar-refractivity contribution in [1.29, 1.82) is 0 Å². The number of benzene rings is 1. The Labute approximate surface area is 96.1 Å². The molecule has 2 heteroatoms. The van der Waals surface area contributed by atoms with Gasteiger partial charge in [0.15, 0.2) is 0 Å². The Hall–Kier alpha value is -0.530. The number of hydrogen-bond acceptors (Lipinski definition) is 1. The van der Waals surface area contributed by atoms with Crippen LogP contribution < -0.4 is 0 Å². The Morgan fingerprint density at radius 3 is 2.00 bits per heavy atom. The first-order valence-corrected chi connectivity index (χ1v) is 6.07. The molecule has 1 aliphatic carbocycles. The second-order valence-electron chi connectivity index (χ2n) is 4.45. The van der Waals surface area contributed by atoms with Gasteiger partial charge >= 0.3 is 0 Å². The molecule has 1 aromatic carbocycles. The quantitative estimate of drug-likeness (QED) is 0.718. The van der Waals surface area contributed by atoms with Crippen LogP contribution in [0, 0.1) is 0 Å². The van der Waals surface area contributed by atoms with E-state index >= 15 is 0 Å². The summed E-state index contributed by atoms with van der Waals surface area (Å²) in [5.41, 5.74) is 0.412. The molecule has 0 spiro atoms. The molecule has 15 heavy (non-hydrogen) atoms. The molecule has 0 unspecified atom stereocenters. The van der Waals surface area contributed by atoms with Gasteiger partial charge in [0.1, 0.15) is 0 Å². The van der Waals surface area contributed by atoms with Crippen LogP contribution in [0.3, 0.4) is 0 Å². The van der Waals surface area contributed by atoms with Crippen molar-refractivity contribution < 1.29 is 5.11 Å². The predicted octanol–water partition coefficient (Wildman–Crippen LogP) is 3.88. The Morgan fingerprint density at radius 1 is 0.933 bits per heavy atom. The van der Waals surface area contributed by atoms with Crippen LogP contribution in [0.5, 0.6) is 0 Å². The fourth-order valence-corrected chi connectivity index (χ4v) is 2.49. The van der Waals surface area contributed by atoms with Gasteiger partial charge in [0, 0.05) is 5.02 Å². The predicted molar refractivity (Wildman–Crippen MR) is 63.1 cm³/mol. The molecule has 2 rings (SSSR count). The molecule has 0 aliphatic heterocycles. The molecule has 0 bridgehead atoms. The molecule has 0 atom stereocenters. The van der Waals surface area contributed by atoms with Crippen molar-refractivity contribution in [1.82, 2.24) is 0 Å². The third-order valence-electron chi connectivity index (χ3n) is 3.31. The molecular weight excluding hydrogens is 208 g/mol. The van der Waals surface area contributed by atoms with E-state index in [1.54, 1.807) is 0 Å². The zero-order valence-corrected chi connectivity index (χ0v) is 9.63. The first kappa shape index (κ1) is 11.0. The fraction of sp³-hybridized carbons (Fsp3) is 0.538. The summed E-state index contributed by atoms with van der Waals surface area (Å²) in [5, 5.41) is 11.3. The topological polar surface area (TPSA) is 20.2 Å². The van der Waals surface area contributed by atoms with Crippen LogP contribution in [0.15, 0.2) is 24.3 Å². The van der Waals surface area contributed by atoms with E-state index in [-0.39, 0.29) is 0 Å². The molecule has 0 heterocycles. The van der Waals surface area contributed by atoms with Crippen molar-refractivity contribution >= 4 is 11.6 Å². The Kier molecular flexibility index (Phi) is 3.32. The van der Waals surface area contributed by atoms with E-state index in [1.165, 1.54) is 12.8 Å². The van der Waals surface area contributed by atoms with E-state index in [0.29, 0.717) is 0 Å². The average molecular weight is 225 g/mol. The van der Waals surface area contributed by atoms with E-state index in [0.717, 1.165) is 36.3 Å². The molecular formula is C13H17ClO. The van der Waals surface area contributed by atoms with Crippen LogP contribution in [0.4, 0.5) is 0 Å². The van der Waals surface area contributed by atoms with Crippen LogP contribution in [0.25, 0.3) is 0 Å². The highest BCUT2D eigenvalue weighted by Crippen LogP contribution is 2.36. The van der Waals surface area contributed by atoms with Gasteiger partial charge in [-0.15, -0.1) is 0 Å². The van der Waals surface area contributed by atoms with Crippen molar-refractivity contribution in [2.75, 3.05) is 0 Å². The normalized spacial score (nSPS) is 20.9. The van der Waals surface area contributed by atoms with Crippen molar-refractivity contribution in [2.45, 2.75) is 44.1 Å². The molecule has 1 N–H and O–H groups in total. The largest absolute Gasteiger partial charge is 0.385 e. The maximum atomic E-state index is 10.6. The van der Waals surface area contributed by atoms with Crippen molar-refractivity contribution in [3.8, 4) is 0 Å². The maximum absolute atomic E-state index is 10.6. The summed E-state index contributed by atoms with van der Waals surface area (Å²) in [6.45, 7) is 0. The smallest absolute Gasteiger partial charge is 0.0896 e. The summed E-state index contributed by atoms with van der Waals surface area (Å²) in [6, 6.07) is 7.63. The van der Waals surface area contributed by atoms with Gasteiger partial charge in [-0.3, -0.25) is 0 Å². The van der Waals surface area contributed by atoms with Crippen molar-refractivity contribution in [2.24, 2.45) is 0 Å². The van der Waals surface area contributed by atoms with Gasteiger partial charge in [-0.1, -0.05) is 49.4 Å². The van der Waals surface area contributed by atoms with E-state index in [4.69, 9.17) is 11.6 Å². The zero-order valence-electron chi connectivity index (χ0n) is 8.88. The van der Waals surface area contributed by atoms with Crippen LogP contribution in [0.2, 0.25) is 5.02 Å².